The maximum absolute atomic E-state index is 11.0. The van der Waals surface area contributed by atoms with Crippen molar-refractivity contribution >= 4 is 17.6 Å². The zero-order chi connectivity index (χ0) is 12.1. The Morgan fingerprint density at radius 1 is 1.44 bits per heavy atom. The summed E-state index contributed by atoms with van der Waals surface area (Å²) < 4.78 is 5.13. The van der Waals surface area contributed by atoms with Crippen molar-refractivity contribution < 1.29 is 14.3 Å². The van der Waals surface area contributed by atoms with Crippen LogP contribution in [0.3, 0.4) is 0 Å². The normalized spacial score (nSPS) is 9.56. The quantitative estimate of drug-likeness (QED) is 0.634. The zero-order valence-corrected chi connectivity index (χ0v) is 8.82. The molecule has 0 unspecified atom stereocenters. The van der Waals surface area contributed by atoms with E-state index in [0.717, 1.165) is 5.56 Å². The lowest BCUT2D eigenvalue weighted by atomic mass is 10.2. The number of rotatable bonds is 3. The second-order valence-electron chi connectivity index (χ2n) is 3.22. The molecule has 1 aromatic carbocycles. The smallest absolute Gasteiger partial charge is 0.318 e. The molecule has 0 spiro atoms. The van der Waals surface area contributed by atoms with E-state index < -0.39 is 11.9 Å². The standard InChI is InChI=1S/C10H13N3O3/c1-6-4-7(2-3-8(6)11)16-5-9(14)13-10(12)15/h2-4H,5,11H2,1H3,(H3,12,13,14,15). The van der Waals surface area contributed by atoms with Crippen LogP contribution in [0, 0.1) is 6.92 Å². The number of nitrogens with one attached hydrogen (secondary N) is 1. The zero-order valence-electron chi connectivity index (χ0n) is 8.82. The highest BCUT2D eigenvalue weighted by Crippen LogP contribution is 2.18. The molecular weight excluding hydrogens is 210 g/mol. The number of hydrogen-bond donors (Lipinski definition) is 3. The van der Waals surface area contributed by atoms with E-state index >= 15 is 0 Å². The predicted octanol–water partition coefficient (Wildman–Crippen LogP) is 0.151. The first-order valence-corrected chi connectivity index (χ1v) is 4.57. The van der Waals surface area contributed by atoms with Crippen LogP contribution in [0.2, 0.25) is 0 Å². The summed E-state index contributed by atoms with van der Waals surface area (Å²) in [7, 11) is 0. The van der Waals surface area contributed by atoms with Gasteiger partial charge in [0.05, 0.1) is 0 Å². The van der Waals surface area contributed by atoms with E-state index in [4.69, 9.17) is 16.2 Å². The van der Waals surface area contributed by atoms with E-state index in [-0.39, 0.29) is 6.61 Å². The van der Waals surface area contributed by atoms with Gasteiger partial charge in [-0.1, -0.05) is 0 Å². The Labute approximate surface area is 92.6 Å². The topological polar surface area (TPSA) is 107 Å². The molecule has 5 N–H and O–H groups in total. The summed E-state index contributed by atoms with van der Waals surface area (Å²) in [6.45, 7) is 1.55. The SMILES string of the molecule is Cc1cc(OCC(=O)NC(N)=O)ccc1N. The molecule has 0 atom stereocenters. The maximum Gasteiger partial charge on any atom is 0.318 e. The molecule has 0 saturated heterocycles. The molecule has 0 aliphatic rings. The summed E-state index contributed by atoms with van der Waals surface area (Å²) in [6.07, 6.45) is 0. The van der Waals surface area contributed by atoms with Crippen LogP contribution in [0.4, 0.5) is 10.5 Å². The molecule has 0 heterocycles. The summed E-state index contributed by atoms with van der Waals surface area (Å²) in [5, 5.41) is 1.89. The van der Waals surface area contributed by atoms with Crippen molar-refractivity contribution in [1.82, 2.24) is 5.32 Å². The van der Waals surface area contributed by atoms with Gasteiger partial charge in [0, 0.05) is 5.69 Å². The van der Waals surface area contributed by atoms with Gasteiger partial charge < -0.3 is 16.2 Å². The summed E-state index contributed by atoms with van der Waals surface area (Å²) in [6, 6.07) is 4.12. The second kappa shape index (κ2) is 5.01. The van der Waals surface area contributed by atoms with Gasteiger partial charge in [-0.25, -0.2) is 4.79 Å². The first-order chi connectivity index (χ1) is 7.49. The average molecular weight is 223 g/mol. The third kappa shape index (κ3) is 3.49. The average Bonchev–Trinajstić information content (AvgIpc) is 2.19. The van der Waals surface area contributed by atoms with Crippen LogP contribution in [-0.2, 0) is 4.79 Å². The third-order valence-corrected chi connectivity index (χ3v) is 1.87. The highest BCUT2D eigenvalue weighted by molar-refractivity contribution is 5.94. The Bertz CT molecular complexity index is 418. The van der Waals surface area contributed by atoms with Crippen molar-refractivity contribution in [2.45, 2.75) is 6.92 Å². The minimum atomic E-state index is -0.901. The van der Waals surface area contributed by atoms with Gasteiger partial charge in [-0.05, 0) is 30.7 Å². The number of aryl methyl sites for hydroxylation is 1. The van der Waals surface area contributed by atoms with Gasteiger partial charge in [0.2, 0.25) is 0 Å². The summed E-state index contributed by atoms with van der Waals surface area (Å²) in [5.74, 6) is -0.0895. The molecule has 0 aromatic heterocycles. The fourth-order valence-corrected chi connectivity index (χ4v) is 1.06. The molecule has 0 saturated carbocycles. The van der Waals surface area contributed by atoms with Gasteiger partial charge in [0.15, 0.2) is 6.61 Å². The van der Waals surface area contributed by atoms with Crippen LogP contribution in [0.15, 0.2) is 18.2 Å². The number of hydrogen-bond acceptors (Lipinski definition) is 4. The molecule has 86 valence electrons. The summed E-state index contributed by atoms with van der Waals surface area (Å²) in [5.41, 5.74) is 11.9. The molecule has 0 radical (unpaired) electrons. The molecule has 1 aromatic rings. The molecule has 0 aliphatic heterocycles. The number of anilines is 1. The Morgan fingerprint density at radius 2 is 2.12 bits per heavy atom. The largest absolute Gasteiger partial charge is 0.484 e. The fraction of sp³-hybridized carbons (Fsp3) is 0.200. The Balaban J connectivity index is 2.51. The monoisotopic (exact) mass is 223 g/mol. The van der Waals surface area contributed by atoms with Crippen molar-refractivity contribution in [1.29, 1.82) is 0 Å². The van der Waals surface area contributed by atoms with Crippen molar-refractivity contribution in [3.05, 3.63) is 23.8 Å². The Morgan fingerprint density at radius 3 is 2.69 bits per heavy atom. The van der Waals surface area contributed by atoms with Crippen molar-refractivity contribution in [3.8, 4) is 5.75 Å². The minimum Gasteiger partial charge on any atom is -0.484 e. The van der Waals surface area contributed by atoms with E-state index in [1.807, 2.05) is 12.2 Å². The minimum absolute atomic E-state index is 0.272. The van der Waals surface area contributed by atoms with E-state index in [0.29, 0.717) is 11.4 Å². The van der Waals surface area contributed by atoms with Crippen molar-refractivity contribution in [2.24, 2.45) is 5.73 Å². The van der Waals surface area contributed by atoms with Crippen LogP contribution in [0.25, 0.3) is 0 Å². The van der Waals surface area contributed by atoms with Gasteiger partial charge in [-0.15, -0.1) is 0 Å². The van der Waals surface area contributed by atoms with Crippen LogP contribution >= 0.6 is 0 Å². The van der Waals surface area contributed by atoms with Gasteiger partial charge in [0.1, 0.15) is 5.75 Å². The van der Waals surface area contributed by atoms with Crippen molar-refractivity contribution in [2.75, 3.05) is 12.3 Å². The molecule has 1 rings (SSSR count). The number of primary amides is 1. The molecular formula is C10H13N3O3. The number of nitrogen functional groups attached to an aromatic ring is 1. The highest BCUT2D eigenvalue weighted by atomic mass is 16.5. The molecule has 6 nitrogen and oxygen atoms in total. The summed E-state index contributed by atoms with van der Waals surface area (Å²) in [4.78, 5) is 21.4. The van der Waals surface area contributed by atoms with E-state index in [1.54, 1.807) is 18.2 Å². The number of benzene rings is 1. The number of carbonyl (C=O) groups excluding carboxylic acids is 2. The Kier molecular flexibility index (Phi) is 3.71. The second-order valence-corrected chi connectivity index (χ2v) is 3.22. The first kappa shape index (κ1) is 11.8. The Hall–Kier alpha value is -2.24. The number of carbonyl (C=O) groups is 2. The highest BCUT2D eigenvalue weighted by Gasteiger charge is 2.05. The number of nitrogens with two attached hydrogens (primary N) is 2. The van der Waals surface area contributed by atoms with Gasteiger partial charge in [-0.3, -0.25) is 10.1 Å². The van der Waals surface area contributed by atoms with Crippen LogP contribution < -0.4 is 21.5 Å². The molecule has 0 fully saturated rings. The molecule has 6 heteroatoms. The molecule has 0 bridgehead atoms. The number of urea groups is 1. The lowest BCUT2D eigenvalue weighted by Gasteiger charge is -2.07. The van der Waals surface area contributed by atoms with Gasteiger partial charge in [0.25, 0.3) is 5.91 Å². The predicted molar refractivity (Wildman–Crippen MR) is 58.8 cm³/mol. The summed E-state index contributed by atoms with van der Waals surface area (Å²) >= 11 is 0. The first-order valence-electron chi connectivity index (χ1n) is 4.57. The van der Waals surface area contributed by atoms with E-state index in [9.17, 15) is 9.59 Å². The molecule has 16 heavy (non-hydrogen) atoms. The van der Waals surface area contributed by atoms with Crippen LogP contribution in [0.5, 0.6) is 5.75 Å². The lowest BCUT2D eigenvalue weighted by Crippen LogP contribution is -2.38. The van der Waals surface area contributed by atoms with E-state index in [1.165, 1.54) is 0 Å². The van der Waals surface area contributed by atoms with Gasteiger partial charge in [-0.2, -0.15) is 0 Å². The van der Waals surface area contributed by atoms with Crippen LogP contribution in [0.1, 0.15) is 5.56 Å². The molecule has 3 amide bonds. The third-order valence-electron chi connectivity index (χ3n) is 1.87. The maximum atomic E-state index is 11.0. The fourth-order valence-electron chi connectivity index (χ4n) is 1.06. The number of amides is 3. The number of ether oxygens (including phenoxy) is 1. The van der Waals surface area contributed by atoms with E-state index in [2.05, 4.69) is 0 Å². The number of imide groups is 1. The lowest BCUT2D eigenvalue weighted by molar-refractivity contribution is -0.121. The molecule has 0 aliphatic carbocycles. The van der Waals surface area contributed by atoms with Gasteiger partial charge >= 0.3 is 6.03 Å². The van der Waals surface area contributed by atoms with Crippen molar-refractivity contribution in [3.63, 3.8) is 0 Å². The van der Waals surface area contributed by atoms with Crippen LogP contribution in [-0.4, -0.2) is 18.5 Å².